The van der Waals surface area contributed by atoms with Crippen molar-refractivity contribution in [2.24, 2.45) is 4.99 Å². The molecule has 23 heavy (non-hydrogen) atoms. The molecule has 4 rings (SSSR count). The van der Waals surface area contributed by atoms with Crippen molar-refractivity contribution in [3.05, 3.63) is 72.1 Å². The van der Waals surface area contributed by atoms with Crippen LogP contribution in [0.25, 0.3) is 5.69 Å². The summed E-state index contributed by atoms with van der Waals surface area (Å²) in [6.07, 6.45) is 2.04. The molecule has 0 saturated heterocycles. The molecular formula is C19H16N2O2. The number of nitrogens with zero attached hydrogens (tertiary/aromatic N) is 2. The topological polar surface area (TPSA) is 35.8 Å². The zero-order valence-corrected chi connectivity index (χ0v) is 13.0. The lowest BCUT2D eigenvalue weighted by Gasteiger charge is -2.10. The quantitative estimate of drug-likeness (QED) is 0.574. The summed E-state index contributed by atoms with van der Waals surface area (Å²) in [5.74, 6) is 1.42. The van der Waals surface area contributed by atoms with E-state index in [1.807, 2.05) is 54.7 Å². The molecule has 2 aromatic carbocycles. The second kappa shape index (κ2) is 5.32. The molecule has 4 heteroatoms. The fourth-order valence-corrected chi connectivity index (χ4v) is 2.93. The van der Waals surface area contributed by atoms with Crippen molar-refractivity contribution in [3.8, 4) is 17.2 Å². The first-order valence-corrected chi connectivity index (χ1v) is 7.40. The Bertz CT molecular complexity index is 895. The maximum absolute atomic E-state index is 5.45. The summed E-state index contributed by atoms with van der Waals surface area (Å²) in [6, 6.07) is 18.0. The normalized spacial score (nSPS) is 13.7. The first-order chi connectivity index (χ1) is 11.3. The molecule has 0 saturated carbocycles. The van der Waals surface area contributed by atoms with Crippen LogP contribution >= 0.6 is 0 Å². The van der Waals surface area contributed by atoms with Crippen LogP contribution in [0.15, 0.2) is 65.8 Å². The fourth-order valence-electron chi connectivity index (χ4n) is 2.93. The van der Waals surface area contributed by atoms with E-state index < -0.39 is 0 Å². The second-order valence-corrected chi connectivity index (χ2v) is 5.28. The minimum Gasteiger partial charge on any atom is -0.493 e. The molecule has 0 aliphatic carbocycles. The predicted octanol–water partition coefficient (Wildman–Crippen LogP) is 3.98. The van der Waals surface area contributed by atoms with Gasteiger partial charge in [-0.25, -0.2) is 4.99 Å². The monoisotopic (exact) mass is 304 g/mol. The first-order valence-electron chi connectivity index (χ1n) is 7.40. The summed E-state index contributed by atoms with van der Waals surface area (Å²) in [6.45, 7) is 0. The van der Waals surface area contributed by atoms with Gasteiger partial charge in [0.05, 0.1) is 37.0 Å². The third-order valence-corrected chi connectivity index (χ3v) is 4.01. The van der Waals surface area contributed by atoms with E-state index in [4.69, 9.17) is 14.5 Å². The Morgan fingerprint density at radius 1 is 0.870 bits per heavy atom. The number of benzene rings is 2. The molecule has 114 valence electrons. The number of ether oxygens (including phenoxy) is 2. The van der Waals surface area contributed by atoms with Gasteiger partial charge < -0.3 is 14.0 Å². The second-order valence-electron chi connectivity index (χ2n) is 5.28. The molecule has 0 N–H and O–H groups in total. The maximum Gasteiger partial charge on any atom is 0.162 e. The van der Waals surface area contributed by atoms with Gasteiger partial charge in [-0.15, -0.1) is 0 Å². The number of methoxy groups -OCH3 is 2. The Morgan fingerprint density at radius 3 is 2.35 bits per heavy atom. The average Bonchev–Trinajstić information content (AvgIpc) is 3.17. The van der Waals surface area contributed by atoms with Crippen LogP contribution in [0, 0.1) is 0 Å². The lowest BCUT2D eigenvalue weighted by atomic mass is 10.1. The van der Waals surface area contributed by atoms with Crippen molar-refractivity contribution >= 4 is 11.4 Å². The molecule has 0 bridgehead atoms. The largest absolute Gasteiger partial charge is 0.493 e. The van der Waals surface area contributed by atoms with Gasteiger partial charge in [-0.3, -0.25) is 0 Å². The summed E-state index contributed by atoms with van der Waals surface area (Å²) in [5, 5.41) is 0. The fraction of sp³-hybridized carbons (Fsp3) is 0.105. The number of fused-ring (bicyclic) bond motifs is 3. The minimum atomic E-state index is 0.706. The summed E-state index contributed by atoms with van der Waals surface area (Å²) in [5.41, 5.74) is 5.04. The molecule has 4 nitrogen and oxygen atoms in total. The van der Waals surface area contributed by atoms with Gasteiger partial charge in [0.25, 0.3) is 0 Å². The molecule has 0 atom stereocenters. The Morgan fingerprint density at radius 2 is 1.61 bits per heavy atom. The SMILES string of the molecule is COc1cc2c(cc1OC)-n1cccc1C2=Nc1ccccc1. The highest BCUT2D eigenvalue weighted by Gasteiger charge is 2.26. The van der Waals surface area contributed by atoms with Gasteiger partial charge in [0.1, 0.15) is 0 Å². The molecule has 0 radical (unpaired) electrons. The van der Waals surface area contributed by atoms with Crippen LogP contribution in [0.1, 0.15) is 11.3 Å². The average molecular weight is 304 g/mol. The summed E-state index contributed by atoms with van der Waals surface area (Å²) in [4.78, 5) is 4.84. The Kier molecular flexibility index (Phi) is 3.15. The Labute approximate surface area is 134 Å². The van der Waals surface area contributed by atoms with E-state index in [-0.39, 0.29) is 0 Å². The van der Waals surface area contributed by atoms with Crippen molar-refractivity contribution in [2.45, 2.75) is 0 Å². The van der Waals surface area contributed by atoms with E-state index >= 15 is 0 Å². The zero-order chi connectivity index (χ0) is 15.8. The van der Waals surface area contributed by atoms with Gasteiger partial charge >= 0.3 is 0 Å². The molecule has 3 aromatic rings. The van der Waals surface area contributed by atoms with Crippen LogP contribution < -0.4 is 9.47 Å². The van der Waals surface area contributed by atoms with E-state index in [2.05, 4.69) is 10.6 Å². The number of para-hydroxylation sites is 1. The van der Waals surface area contributed by atoms with Gasteiger partial charge in [-0.05, 0) is 30.3 Å². The van der Waals surface area contributed by atoms with Crippen molar-refractivity contribution in [1.82, 2.24) is 4.57 Å². The molecule has 1 aliphatic rings. The highest BCUT2D eigenvalue weighted by Crippen LogP contribution is 2.38. The van der Waals surface area contributed by atoms with E-state index in [0.717, 1.165) is 28.3 Å². The molecular weight excluding hydrogens is 288 g/mol. The first kappa shape index (κ1) is 13.6. The minimum absolute atomic E-state index is 0.706. The van der Waals surface area contributed by atoms with Crippen molar-refractivity contribution in [2.75, 3.05) is 14.2 Å². The molecule has 1 aromatic heterocycles. The third-order valence-electron chi connectivity index (χ3n) is 4.01. The lowest BCUT2D eigenvalue weighted by molar-refractivity contribution is 0.355. The van der Waals surface area contributed by atoms with Gasteiger partial charge in [0.15, 0.2) is 11.5 Å². The summed E-state index contributed by atoms with van der Waals surface area (Å²) < 4.78 is 13.0. The van der Waals surface area contributed by atoms with Crippen LogP contribution in [-0.2, 0) is 0 Å². The van der Waals surface area contributed by atoms with Crippen molar-refractivity contribution in [1.29, 1.82) is 0 Å². The molecule has 0 fully saturated rings. The number of hydrogen-bond donors (Lipinski definition) is 0. The molecule has 0 spiro atoms. The summed E-state index contributed by atoms with van der Waals surface area (Å²) >= 11 is 0. The smallest absolute Gasteiger partial charge is 0.162 e. The molecule has 0 unspecified atom stereocenters. The summed E-state index contributed by atoms with van der Waals surface area (Å²) in [7, 11) is 3.29. The number of hydrogen-bond acceptors (Lipinski definition) is 3. The Hall–Kier alpha value is -3.01. The van der Waals surface area contributed by atoms with Gasteiger partial charge in [-0.2, -0.15) is 0 Å². The highest BCUT2D eigenvalue weighted by atomic mass is 16.5. The van der Waals surface area contributed by atoms with E-state index in [0.29, 0.717) is 11.5 Å². The van der Waals surface area contributed by atoms with Crippen LogP contribution in [-0.4, -0.2) is 24.5 Å². The molecule has 0 amide bonds. The Balaban J connectivity index is 1.96. The van der Waals surface area contributed by atoms with Gasteiger partial charge in [-0.1, -0.05) is 18.2 Å². The molecule has 1 aliphatic heterocycles. The van der Waals surface area contributed by atoms with Crippen LogP contribution in [0.3, 0.4) is 0 Å². The van der Waals surface area contributed by atoms with E-state index in [9.17, 15) is 0 Å². The number of aliphatic imine (C=N–C) groups is 1. The molecule has 2 heterocycles. The van der Waals surface area contributed by atoms with E-state index in [1.165, 1.54) is 0 Å². The van der Waals surface area contributed by atoms with Crippen molar-refractivity contribution in [3.63, 3.8) is 0 Å². The third kappa shape index (κ3) is 2.11. The highest BCUT2D eigenvalue weighted by molar-refractivity contribution is 6.18. The maximum atomic E-state index is 5.45. The van der Waals surface area contributed by atoms with Gasteiger partial charge in [0, 0.05) is 17.8 Å². The number of aromatic nitrogens is 1. The standard InChI is InChI=1S/C19H16N2O2/c1-22-17-11-14-16(12-18(17)23-2)21-10-6-9-15(21)19(14)20-13-7-4-3-5-8-13/h3-12H,1-2H3. The van der Waals surface area contributed by atoms with Crippen LogP contribution in [0.2, 0.25) is 0 Å². The number of rotatable bonds is 3. The van der Waals surface area contributed by atoms with Crippen molar-refractivity contribution < 1.29 is 9.47 Å². The van der Waals surface area contributed by atoms with Crippen LogP contribution in [0.4, 0.5) is 5.69 Å². The van der Waals surface area contributed by atoms with Crippen LogP contribution in [0.5, 0.6) is 11.5 Å². The van der Waals surface area contributed by atoms with E-state index in [1.54, 1.807) is 14.2 Å². The predicted molar refractivity (Wildman–Crippen MR) is 90.6 cm³/mol. The lowest BCUT2D eigenvalue weighted by Crippen LogP contribution is -1.99. The van der Waals surface area contributed by atoms with Gasteiger partial charge in [0.2, 0.25) is 0 Å². The zero-order valence-electron chi connectivity index (χ0n) is 13.0.